The topological polar surface area (TPSA) is 136 Å². The Morgan fingerprint density at radius 2 is 1.77 bits per heavy atom. The summed E-state index contributed by atoms with van der Waals surface area (Å²) in [5.74, 6) is -1.60. The summed E-state index contributed by atoms with van der Waals surface area (Å²) in [6, 6.07) is 18.9. The van der Waals surface area contributed by atoms with Crippen molar-refractivity contribution in [2.45, 2.75) is 26.5 Å². The van der Waals surface area contributed by atoms with Gasteiger partial charge in [0.1, 0.15) is 23.1 Å². The van der Waals surface area contributed by atoms with E-state index in [4.69, 9.17) is 4.74 Å². The number of aromatic nitrogens is 2. The second-order valence-corrected chi connectivity index (χ2v) is 10.1. The van der Waals surface area contributed by atoms with Crippen LogP contribution in [0.3, 0.4) is 0 Å². The minimum atomic E-state index is -1.06. The molecule has 1 N–H and O–H groups in total. The number of Topliss-reactive ketones (excluding diaryl/α,β-unsaturated/α-hetero) is 1. The number of anilines is 1. The Morgan fingerprint density at radius 3 is 2.38 bits per heavy atom. The molecule has 0 spiro atoms. The molecule has 2 heterocycles. The summed E-state index contributed by atoms with van der Waals surface area (Å²) in [6.45, 7) is 4.07. The van der Waals surface area contributed by atoms with Crippen LogP contribution in [0.25, 0.3) is 5.76 Å². The first-order chi connectivity index (χ1) is 18.7. The molecule has 0 radical (unpaired) electrons. The Bertz CT molecular complexity index is 1610. The van der Waals surface area contributed by atoms with Crippen LogP contribution in [0.2, 0.25) is 0 Å². The van der Waals surface area contributed by atoms with Crippen molar-refractivity contribution in [3.63, 3.8) is 0 Å². The molecule has 11 heteroatoms. The number of hydrogen-bond donors (Lipinski definition) is 1. The Hall–Kier alpha value is -4.90. The number of ether oxygens (including phenoxy) is 1. The van der Waals surface area contributed by atoms with Crippen molar-refractivity contribution in [1.82, 2.24) is 10.2 Å². The summed E-state index contributed by atoms with van der Waals surface area (Å²) in [4.78, 5) is 38.2. The molecule has 5 rings (SSSR count). The molecule has 1 aliphatic rings. The van der Waals surface area contributed by atoms with E-state index < -0.39 is 22.7 Å². The summed E-state index contributed by atoms with van der Waals surface area (Å²) in [5.41, 5.74) is 2.53. The minimum absolute atomic E-state index is 0.149. The Balaban J connectivity index is 1.51. The number of aryl methyl sites for hydroxylation is 2. The van der Waals surface area contributed by atoms with E-state index in [2.05, 4.69) is 10.2 Å². The zero-order valence-corrected chi connectivity index (χ0v) is 21.7. The van der Waals surface area contributed by atoms with Gasteiger partial charge in [0.25, 0.3) is 11.5 Å². The fraction of sp³-hybridized carbons (Fsp3) is 0.143. The molecule has 1 aromatic heterocycles. The number of benzene rings is 3. The average molecular weight is 543 g/mol. The molecular weight excluding hydrogens is 520 g/mol. The molecule has 1 atom stereocenters. The lowest BCUT2D eigenvalue weighted by Gasteiger charge is -2.22. The highest BCUT2D eigenvalue weighted by Gasteiger charge is 2.48. The molecule has 196 valence electrons. The number of nitrogens with zero attached hydrogens (tertiary/aromatic N) is 4. The lowest BCUT2D eigenvalue weighted by Crippen LogP contribution is -2.29. The first-order valence-corrected chi connectivity index (χ1v) is 12.7. The fourth-order valence-electron chi connectivity index (χ4n) is 4.34. The molecule has 3 aromatic carbocycles. The fourth-order valence-corrected chi connectivity index (χ4v) is 5.05. The zero-order chi connectivity index (χ0) is 27.7. The van der Waals surface area contributed by atoms with E-state index in [1.807, 2.05) is 31.2 Å². The third-order valence-corrected chi connectivity index (χ3v) is 7.04. The van der Waals surface area contributed by atoms with Gasteiger partial charge < -0.3 is 9.84 Å². The predicted octanol–water partition coefficient (Wildman–Crippen LogP) is 5.27. The van der Waals surface area contributed by atoms with E-state index in [9.17, 15) is 24.8 Å². The van der Waals surface area contributed by atoms with Gasteiger partial charge in [-0.05, 0) is 61.4 Å². The van der Waals surface area contributed by atoms with Gasteiger partial charge in [-0.25, -0.2) is 0 Å². The van der Waals surface area contributed by atoms with Crippen LogP contribution in [0.1, 0.15) is 33.3 Å². The van der Waals surface area contributed by atoms with Crippen LogP contribution in [-0.2, 0) is 16.2 Å². The van der Waals surface area contributed by atoms with Gasteiger partial charge in [0.2, 0.25) is 5.13 Å². The molecule has 1 fully saturated rings. The number of non-ortho nitro benzene ring substituents is 1. The van der Waals surface area contributed by atoms with Gasteiger partial charge in [0, 0.05) is 17.7 Å². The number of aliphatic hydroxyl groups is 1. The Labute approximate surface area is 227 Å². The van der Waals surface area contributed by atoms with Gasteiger partial charge in [-0.2, -0.15) is 0 Å². The third kappa shape index (κ3) is 5.12. The number of nitro groups is 1. The SMILES string of the molecule is Cc1cccc(COc2ccc(/C(O)=C3\C(=O)C(=O)N(c4nnc(C)s4)[C@H]3c3ccc([N+](=O)[O-])cc3)cc2)c1. The van der Waals surface area contributed by atoms with Gasteiger partial charge >= 0.3 is 5.91 Å². The standard InChI is InChI=1S/C28H22N4O6S/c1-16-4-3-5-18(14-16)15-38-22-12-8-20(9-13-22)25(33)23-24(19-6-10-21(11-7-19)32(36)37)31(27(35)26(23)34)28-30-29-17(2)39-28/h3-14,24,33H,15H2,1-2H3/b25-23+/t24-/m0/s1. The number of amides is 1. The monoisotopic (exact) mass is 542 g/mol. The average Bonchev–Trinajstić information content (AvgIpc) is 3.47. The molecule has 0 bridgehead atoms. The largest absolute Gasteiger partial charge is 0.507 e. The highest BCUT2D eigenvalue weighted by atomic mass is 32.1. The quantitative estimate of drug-likeness (QED) is 0.110. The van der Waals surface area contributed by atoms with Crippen LogP contribution < -0.4 is 9.64 Å². The van der Waals surface area contributed by atoms with E-state index >= 15 is 0 Å². The van der Waals surface area contributed by atoms with Crippen molar-refractivity contribution in [3.8, 4) is 5.75 Å². The van der Waals surface area contributed by atoms with Crippen LogP contribution in [0.15, 0.2) is 78.4 Å². The molecule has 0 aliphatic carbocycles. The van der Waals surface area contributed by atoms with Crippen LogP contribution in [-0.4, -0.2) is 31.9 Å². The third-order valence-electron chi connectivity index (χ3n) is 6.20. The van der Waals surface area contributed by atoms with Gasteiger partial charge in [-0.1, -0.05) is 41.2 Å². The maximum absolute atomic E-state index is 13.2. The number of aliphatic hydroxyl groups excluding tert-OH is 1. The van der Waals surface area contributed by atoms with Crippen molar-refractivity contribution in [2.24, 2.45) is 0 Å². The van der Waals surface area contributed by atoms with E-state index in [0.29, 0.717) is 28.5 Å². The van der Waals surface area contributed by atoms with Crippen LogP contribution in [0.4, 0.5) is 10.8 Å². The number of rotatable bonds is 7. The molecular formula is C28H22N4O6S. The summed E-state index contributed by atoms with van der Waals surface area (Å²) >= 11 is 1.11. The van der Waals surface area contributed by atoms with E-state index in [0.717, 1.165) is 22.5 Å². The maximum atomic E-state index is 13.2. The molecule has 1 aliphatic heterocycles. The molecule has 4 aromatic rings. The molecule has 39 heavy (non-hydrogen) atoms. The van der Waals surface area contributed by atoms with Gasteiger partial charge in [-0.3, -0.25) is 24.6 Å². The smallest absolute Gasteiger partial charge is 0.301 e. The highest BCUT2D eigenvalue weighted by Crippen LogP contribution is 2.43. The maximum Gasteiger partial charge on any atom is 0.301 e. The molecule has 0 unspecified atom stereocenters. The molecule has 10 nitrogen and oxygen atoms in total. The van der Waals surface area contributed by atoms with E-state index in [1.54, 1.807) is 31.2 Å². The summed E-state index contributed by atoms with van der Waals surface area (Å²) in [6.07, 6.45) is 0. The second kappa shape index (κ2) is 10.5. The lowest BCUT2D eigenvalue weighted by molar-refractivity contribution is -0.384. The number of ketones is 1. The summed E-state index contributed by atoms with van der Waals surface area (Å²) in [7, 11) is 0. The van der Waals surface area contributed by atoms with Gasteiger partial charge in [0.15, 0.2) is 0 Å². The first kappa shape index (κ1) is 25.7. The van der Waals surface area contributed by atoms with Crippen molar-refractivity contribution < 1.29 is 24.4 Å². The molecule has 0 saturated carbocycles. The lowest BCUT2D eigenvalue weighted by atomic mass is 9.95. The first-order valence-electron chi connectivity index (χ1n) is 11.9. The number of nitro benzene ring substituents is 1. The van der Waals surface area contributed by atoms with Crippen molar-refractivity contribution in [2.75, 3.05) is 4.90 Å². The molecule has 1 amide bonds. The van der Waals surface area contributed by atoms with Crippen LogP contribution in [0.5, 0.6) is 5.75 Å². The molecule has 1 saturated heterocycles. The second-order valence-electron chi connectivity index (χ2n) is 8.92. The summed E-state index contributed by atoms with van der Waals surface area (Å²) in [5, 5.41) is 31.2. The normalized spacial score (nSPS) is 16.5. The van der Waals surface area contributed by atoms with Crippen molar-refractivity contribution in [1.29, 1.82) is 0 Å². The van der Waals surface area contributed by atoms with E-state index in [1.165, 1.54) is 29.2 Å². The zero-order valence-electron chi connectivity index (χ0n) is 20.9. The summed E-state index contributed by atoms with van der Waals surface area (Å²) < 4.78 is 5.85. The minimum Gasteiger partial charge on any atom is -0.507 e. The predicted molar refractivity (Wildman–Crippen MR) is 144 cm³/mol. The van der Waals surface area contributed by atoms with Crippen LogP contribution >= 0.6 is 11.3 Å². The van der Waals surface area contributed by atoms with Crippen LogP contribution in [0, 0.1) is 24.0 Å². The highest BCUT2D eigenvalue weighted by molar-refractivity contribution is 7.15. The van der Waals surface area contributed by atoms with Crippen molar-refractivity contribution >= 4 is 39.6 Å². The number of carbonyl (C=O) groups excluding carboxylic acids is 2. The van der Waals surface area contributed by atoms with Gasteiger partial charge in [0.05, 0.1) is 16.5 Å². The van der Waals surface area contributed by atoms with E-state index in [-0.39, 0.29) is 22.2 Å². The number of carbonyl (C=O) groups is 2. The van der Waals surface area contributed by atoms with Crippen molar-refractivity contribution in [3.05, 3.63) is 116 Å². The number of hydrogen-bond acceptors (Lipinski definition) is 9. The van der Waals surface area contributed by atoms with Gasteiger partial charge in [-0.15, -0.1) is 10.2 Å². The Morgan fingerprint density at radius 1 is 1.05 bits per heavy atom. The Kier molecular flexibility index (Phi) is 6.90.